The molecule has 0 aromatic rings. The van der Waals surface area contributed by atoms with Crippen LogP contribution in [0, 0.1) is 39.9 Å². The number of rotatable bonds is 16. The van der Waals surface area contributed by atoms with Crippen LogP contribution in [0.2, 0.25) is 0 Å². The summed E-state index contributed by atoms with van der Waals surface area (Å²) in [6.07, 6.45) is -2.11. The van der Waals surface area contributed by atoms with Crippen molar-refractivity contribution in [2.45, 2.75) is 202 Å². The highest BCUT2D eigenvalue weighted by Crippen LogP contribution is 2.74. The summed E-state index contributed by atoms with van der Waals surface area (Å²) >= 11 is 0. The van der Waals surface area contributed by atoms with Crippen molar-refractivity contribution in [1.29, 1.82) is 0 Å². The van der Waals surface area contributed by atoms with Crippen LogP contribution in [0.15, 0.2) is 34.9 Å². The van der Waals surface area contributed by atoms with Gasteiger partial charge in [-0.05, 0) is 117 Å². The summed E-state index contributed by atoms with van der Waals surface area (Å²) in [7, 11) is 0. The molecule has 19 heteroatoms. The number of carbonyl (C=O) groups excluding carboxylic acids is 6. The van der Waals surface area contributed by atoms with Crippen molar-refractivity contribution in [3.63, 3.8) is 0 Å². The molecule has 4 saturated carbocycles. The standard InChI is InChI=1S/C53H76O19/c1-26(2)14-13-15-34(49(61)62)44-36-22-37(60)48-51(10)20-19-38(27(3)35(51)18-21-52(48,11)53(36,12)23-40(44)65-30(6)56)69-43-17-16-39(41(70-43)24-63-28(4)54)71-50-47(68-33(9)59)46(67-32(8)58)45(66-31(7)57)42(72-50)25-64-29(5)55/h14,16-17,27,35-43,45-48,50,60H,13,15,18-25H2,1-12H3,(H,61,62)/b44-34+/t27-,35-,36-,37+,38+,39-,40-,41+,42+,43?,45+,46-,47+,48?,50-,51-,52-,53-/m0/s1. The molecule has 72 heavy (non-hydrogen) atoms. The number of ether oxygens (including phenoxy) is 10. The molecule has 0 amide bonds. The molecule has 2 N–H and O–H groups in total. The van der Waals surface area contributed by atoms with E-state index in [1.54, 1.807) is 12.2 Å². The van der Waals surface area contributed by atoms with Crippen LogP contribution >= 0.6 is 0 Å². The molecule has 0 aromatic heterocycles. The van der Waals surface area contributed by atoms with Gasteiger partial charge in [0, 0.05) is 47.1 Å². The van der Waals surface area contributed by atoms with Gasteiger partial charge in [0.1, 0.15) is 37.6 Å². The SMILES string of the molecule is CC(=O)OC[C@H]1O[C@H](O[C@H]2C=CC(O[C@@H]3CC[C@]4(C)C5[C@H](O)C[C@H]6/C(=C(/CCC=C(C)C)C(=O)O)[C@@H](OC(C)=O)C[C@]6(C)[C@@]5(C)CC[C@H]4[C@@H]3C)O[C@@H]2COC(C)=O)[C@H](OC(C)=O)[C@@H](OC(C)=O)[C@@H]1OC(C)=O. The van der Waals surface area contributed by atoms with Crippen LogP contribution in [-0.2, 0) is 80.9 Å². The fourth-order valence-electron chi connectivity index (χ4n) is 13.8. The van der Waals surface area contributed by atoms with E-state index in [1.165, 1.54) is 20.8 Å². The summed E-state index contributed by atoms with van der Waals surface area (Å²) in [6.45, 7) is 19.2. The minimum Gasteiger partial charge on any atom is -0.478 e. The summed E-state index contributed by atoms with van der Waals surface area (Å²) in [5.74, 6) is -5.52. The highest BCUT2D eigenvalue weighted by molar-refractivity contribution is 5.88. The molecule has 19 nitrogen and oxygen atoms in total. The quantitative estimate of drug-likeness (QED) is 0.0778. The molecule has 402 valence electrons. The zero-order valence-electron chi connectivity index (χ0n) is 43.8. The summed E-state index contributed by atoms with van der Waals surface area (Å²) in [5.41, 5.74) is 0.713. The Bertz CT molecular complexity index is 2160. The van der Waals surface area contributed by atoms with Crippen molar-refractivity contribution in [1.82, 2.24) is 0 Å². The number of hydrogen-bond donors (Lipinski definition) is 2. The molecule has 2 unspecified atom stereocenters. The number of fused-ring (bicyclic) bond motifs is 5. The van der Waals surface area contributed by atoms with E-state index < -0.39 is 121 Å². The molecule has 18 atom stereocenters. The normalized spacial score (nSPS) is 39.7. The van der Waals surface area contributed by atoms with Gasteiger partial charge in [0.15, 0.2) is 30.9 Å². The fraction of sp³-hybridized carbons (Fsp3) is 0.755. The van der Waals surface area contributed by atoms with Crippen LogP contribution in [0.25, 0.3) is 0 Å². The molecular formula is C53H76O19. The Morgan fingerprint density at radius 3 is 1.89 bits per heavy atom. The van der Waals surface area contributed by atoms with Crippen molar-refractivity contribution in [2.75, 3.05) is 13.2 Å². The van der Waals surface area contributed by atoms with Crippen molar-refractivity contribution < 1.29 is 91.1 Å². The Morgan fingerprint density at radius 1 is 0.708 bits per heavy atom. The van der Waals surface area contributed by atoms with Gasteiger partial charge in [-0.25, -0.2) is 4.79 Å². The van der Waals surface area contributed by atoms with E-state index in [9.17, 15) is 43.8 Å². The maximum atomic E-state index is 13.0. The number of carboxylic acid groups (broad SMARTS) is 1. The number of carbonyl (C=O) groups is 7. The molecule has 5 fully saturated rings. The van der Waals surface area contributed by atoms with Gasteiger partial charge in [0.25, 0.3) is 0 Å². The molecule has 0 spiro atoms. The van der Waals surface area contributed by atoms with Gasteiger partial charge in [0.05, 0.1) is 12.2 Å². The van der Waals surface area contributed by atoms with Crippen LogP contribution < -0.4 is 0 Å². The third kappa shape index (κ3) is 12.0. The third-order valence-corrected chi connectivity index (χ3v) is 16.7. The summed E-state index contributed by atoms with van der Waals surface area (Å²) in [4.78, 5) is 86.9. The number of aliphatic hydroxyl groups is 1. The van der Waals surface area contributed by atoms with E-state index in [1.807, 2.05) is 19.9 Å². The van der Waals surface area contributed by atoms with Crippen LogP contribution in [0.5, 0.6) is 0 Å². The van der Waals surface area contributed by atoms with Crippen LogP contribution in [0.1, 0.15) is 134 Å². The topological polar surface area (TPSA) is 252 Å². The number of aliphatic carboxylic acids is 1. The molecular weight excluding hydrogens is 941 g/mol. The van der Waals surface area contributed by atoms with Gasteiger partial charge in [0.2, 0.25) is 0 Å². The Balaban J connectivity index is 1.24. The first kappa shape index (κ1) is 56.6. The zero-order valence-corrected chi connectivity index (χ0v) is 43.8. The lowest BCUT2D eigenvalue weighted by molar-refractivity contribution is -0.325. The van der Waals surface area contributed by atoms with E-state index in [-0.39, 0.29) is 53.8 Å². The predicted molar refractivity (Wildman–Crippen MR) is 253 cm³/mol. The molecule has 0 bridgehead atoms. The molecule has 6 rings (SSSR count). The molecule has 1 saturated heterocycles. The van der Waals surface area contributed by atoms with E-state index >= 15 is 0 Å². The van der Waals surface area contributed by atoms with Gasteiger partial charge in [-0.3, -0.25) is 28.8 Å². The van der Waals surface area contributed by atoms with Gasteiger partial charge in [-0.1, -0.05) is 45.4 Å². The fourth-order valence-corrected chi connectivity index (χ4v) is 13.8. The van der Waals surface area contributed by atoms with Gasteiger partial charge in [-0.15, -0.1) is 0 Å². The Hall–Kier alpha value is -4.69. The summed E-state index contributed by atoms with van der Waals surface area (Å²) in [5, 5.41) is 23.1. The summed E-state index contributed by atoms with van der Waals surface area (Å²) < 4.78 is 59.1. The predicted octanol–water partition coefficient (Wildman–Crippen LogP) is 6.00. The zero-order chi connectivity index (χ0) is 53.2. The average Bonchev–Trinajstić information content (AvgIpc) is 3.54. The average molecular weight is 1020 g/mol. The number of esters is 6. The van der Waals surface area contributed by atoms with E-state index in [4.69, 9.17) is 47.4 Å². The molecule has 2 aliphatic heterocycles. The van der Waals surface area contributed by atoms with E-state index in [2.05, 4.69) is 27.7 Å². The van der Waals surface area contributed by atoms with Crippen LogP contribution in [0.3, 0.4) is 0 Å². The summed E-state index contributed by atoms with van der Waals surface area (Å²) in [6, 6.07) is 0. The van der Waals surface area contributed by atoms with Gasteiger partial charge < -0.3 is 57.6 Å². The van der Waals surface area contributed by atoms with Gasteiger partial charge in [-0.2, -0.15) is 0 Å². The van der Waals surface area contributed by atoms with Crippen molar-refractivity contribution in [3.05, 3.63) is 34.9 Å². The first-order chi connectivity index (χ1) is 33.7. The molecule has 0 aromatic carbocycles. The number of carboxylic acids is 1. The second-order valence-corrected chi connectivity index (χ2v) is 21.7. The Morgan fingerprint density at radius 2 is 1.31 bits per heavy atom. The lowest BCUT2D eigenvalue weighted by Crippen LogP contribution is -2.65. The second kappa shape index (κ2) is 22.8. The maximum absolute atomic E-state index is 13.0. The largest absolute Gasteiger partial charge is 0.478 e. The highest BCUT2D eigenvalue weighted by Gasteiger charge is 2.71. The van der Waals surface area contributed by atoms with Crippen molar-refractivity contribution >= 4 is 41.8 Å². The monoisotopic (exact) mass is 1020 g/mol. The smallest absolute Gasteiger partial charge is 0.331 e. The Kier molecular flexibility index (Phi) is 17.9. The minimum atomic E-state index is -1.53. The highest BCUT2D eigenvalue weighted by atomic mass is 16.8. The van der Waals surface area contributed by atoms with Crippen molar-refractivity contribution in [2.24, 2.45) is 39.9 Å². The third-order valence-electron chi connectivity index (χ3n) is 16.7. The first-order valence-corrected chi connectivity index (χ1v) is 25.2. The number of aliphatic hydroxyl groups excluding tert-OH is 1. The first-order valence-electron chi connectivity index (χ1n) is 25.2. The second-order valence-electron chi connectivity index (χ2n) is 21.7. The molecule has 6 aliphatic rings. The van der Waals surface area contributed by atoms with Crippen LogP contribution in [-0.4, -0.2) is 133 Å². The van der Waals surface area contributed by atoms with Crippen molar-refractivity contribution in [3.8, 4) is 0 Å². The lowest BCUT2D eigenvalue weighted by Gasteiger charge is -2.69. The van der Waals surface area contributed by atoms with E-state index in [0.29, 0.717) is 37.7 Å². The molecule has 0 radical (unpaired) electrons. The van der Waals surface area contributed by atoms with Crippen LogP contribution in [0.4, 0.5) is 0 Å². The minimum absolute atomic E-state index is 0.0110. The lowest BCUT2D eigenvalue weighted by atomic mass is 9.36. The van der Waals surface area contributed by atoms with E-state index in [0.717, 1.165) is 39.2 Å². The number of allylic oxidation sites excluding steroid dienone is 2. The van der Waals surface area contributed by atoms with Gasteiger partial charge >= 0.3 is 41.8 Å². The Labute approximate surface area is 421 Å². The maximum Gasteiger partial charge on any atom is 0.331 e. The molecule has 2 heterocycles. The number of hydrogen-bond acceptors (Lipinski definition) is 18. The molecule has 4 aliphatic carbocycles.